The highest BCUT2D eigenvalue weighted by atomic mass is 19.1. The fraction of sp³-hybridized carbons (Fsp3) is 0.294. The molecule has 0 heterocycles. The fourth-order valence-corrected chi connectivity index (χ4v) is 2.14. The van der Waals surface area contributed by atoms with E-state index in [-0.39, 0.29) is 0 Å². The Morgan fingerprint density at radius 1 is 0.950 bits per heavy atom. The monoisotopic (exact) mass is 275 g/mol. The molecule has 0 saturated carbocycles. The van der Waals surface area contributed by atoms with E-state index >= 15 is 0 Å². The van der Waals surface area contributed by atoms with Crippen LogP contribution in [0.15, 0.2) is 36.4 Å². The van der Waals surface area contributed by atoms with Crippen LogP contribution in [0.5, 0.6) is 0 Å². The topological polar surface area (TPSA) is 12.0 Å². The van der Waals surface area contributed by atoms with Gasteiger partial charge in [0.15, 0.2) is 0 Å². The molecule has 106 valence electrons. The molecule has 1 nitrogen and oxygen atoms in total. The summed E-state index contributed by atoms with van der Waals surface area (Å²) in [7, 11) is 0. The standard InChI is InChI=1S/C17H19F2N/c1-3-8-20-11-13-5-7-17(19)15(10-13)14-9-12(2)4-6-16(14)18/h4-7,9-10,20H,3,8,11H2,1-2H3. The van der Waals surface area contributed by atoms with Gasteiger partial charge >= 0.3 is 0 Å². The molecule has 1 N–H and O–H groups in total. The summed E-state index contributed by atoms with van der Waals surface area (Å²) in [5, 5.41) is 3.26. The van der Waals surface area contributed by atoms with Crippen LogP contribution in [0.25, 0.3) is 11.1 Å². The Balaban J connectivity index is 2.35. The predicted molar refractivity (Wildman–Crippen MR) is 78.5 cm³/mol. The van der Waals surface area contributed by atoms with Crippen molar-refractivity contribution in [3.8, 4) is 11.1 Å². The maximum absolute atomic E-state index is 14.0. The molecule has 3 heteroatoms. The molecule has 0 amide bonds. The van der Waals surface area contributed by atoms with E-state index in [2.05, 4.69) is 12.2 Å². The Hall–Kier alpha value is -1.74. The molecular weight excluding hydrogens is 256 g/mol. The van der Waals surface area contributed by atoms with Crippen molar-refractivity contribution in [2.45, 2.75) is 26.8 Å². The third-order valence-corrected chi connectivity index (χ3v) is 3.20. The first-order valence-corrected chi connectivity index (χ1v) is 6.87. The van der Waals surface area contributed by atoms with Crippen molar-refractivity contribution < 1.29 is 8.78 Å². The molecule has 2 rings (SSSR count). The number of nitrogens with one attached hydrogen (secondary N) is 1. The molecule has 0 aliphatic rings. The van der Waals surface area contributed by atoms with Crippen LogP contribution >= 0.6 is 0 Å². The second-order valence-electron chi connectivity index (χ2n) is 4.97. The van der Waals surface area contributed by atoms with Gasteiger partial charge in [0.2, 0.25) is 0 Å². The zero-order chi connectivity index (χ0) is 14.5. The minimum absolute atomic E-state index is 0.319. The largest absolute Gasteiger partial charge is 0.313 e. The SMILES string of the molecule is CCCNCc1ccc(F)c(-c2cc(C)ccc2F)c1. The first kappa shape index (κ1) is 14.7. The minimum atomic E-state index is -0.395. The lowest BCUT2D eigenvalue weighted by atomic mass is 10.00. The van der Waals surface area contributed by atoms with Gasteiger partial charge in [-0.15, -0.1) is 0 Å². The van der Waals surface area contributed by atoms with Gasteiger partial charge in [0.25, 0.3) is 0 Å². The number of halogens is 2. The Kier molecular flexibility index (Phi) is 4.85. The van der Waals surface area contributed by atoms with Crippen molar-refractivity contribution in [1.82, 2.24) is 5.32 Å². The van der Waals surface area contributed by atoms with Gasteiger partial charge in [0.05, 0.1) is 0 Å². The van der Waals surface area contributed by atoms with Crippen LogP contribution in [-0.4, -0.2) is 6.54 Å². The van der Waals surface area contributed by atoms with Crippen LogP contribution < -0.4 is 5.32 Å². The second-order valence-corrected chi connectivity index (χ2v) is 4.97. The molecule has 0 aliphatic heterocycles. The summed E-state index contributed by atoms with van der Waals surface area (Å²) in [5.41, 5.74) is 2.51. The number of benzene rings is 2. The summed E-state index contributed by atoms with van der Waals surface area (Å²) in [6.45, 7) is 5.53. The van der Waals surface area contributed by atoms with Gasteiger partial charge in [-0.05, 0) is 49.7 Å². The molecule has 0 aliphatic carbocycles. The van der Waals surface area contributed by atoms with E-state index in [1.165, 1.54) is 12.1 Å². The van der Waals surface area contributed by atoms with Crippen molar-refractivity contribution in [3.05, 3.63) is 59.2 Å². The lowest BCUT2D eigenvalue weighted by molar-refractivity contribution is 0.614. The average molecular weight is 275 g/mol. The van der Waals surface area contributed by atoms with E-state index in [9.17, 15) is 8.78 Å². The van der Waals surface area contributed by atoms with Gasteiger partial charge in [-0.3, -0.25) is 0 Å². The first-order chi connectivity index (χ1) is 9.61. The van der Waals surface area contributed by atoms with Gasteiger partial charge in [0, 0.05) is 17.7 Å². The van der Waals surface area contributed by atoms with E-state index in [4.69, 9.17) is 0 Å². The molecule has 0 unspecified atom stereocenters. The van der Waals surface area contributed by atoms with Crippen molar-refractivity contribution >= 4 is 0 Å². The summed E-state index contributed by atoms with van der Waals surface area (Å²) in [4.78, 5) is 0. The van der Waals surface area contributed by atoms with Gasteiger partial charge in [-0.25, -0.2) is 8.78 Å². The van der Waals surface area contributed by atoms with E-state index in [0.29, 0.717) is 17.7 Å². The third-order valence-electron chi connectivity index (χ3n) is 3.20. The highest BCUT2D eigenvalue weighted by Crippen LogP contribution is 2.27. The van der Waals surface area contributed by atoms with Crippen LogP contribution in [-0.2, 0) is 6.54 Å². The quantitative estimate of drug-likeness (QED) is 0.795. The van der Waals surface area contributed by atoms with E-state index in [1.807, 2.05) is 6.92 Å². The predicted octanol–water partition coefficient (Wildman–Crippen LogP) is 4.44. The Bertz CT molecular complexity index is 594. The normalized spacial score (nSPS) is 10.8. The minimum Gasteiger partial charge on any atom is -0.313 e. The molecule has 20 heavy (non-hydrogen) atoms. The lowest BCUT2D eigenvalue weighted by Gasteiger charge is -2.10. The van der Waals surface area contributed by atoms with Crippen LogP contribution in [0, 0.1) is 18.6 Å². The number of hydrogen-bond donors (Lipinski definition) is 1. The molecule has 0 radical (unpaired) electrons. The lowest BCUT2D eigenvalue weighted by Crippen LogP contribution is -2.13. The molecule has 0 bridgehead atoms. The Morgan fingerprint density at radius 3 is 2.30 bits per heavy atom. The molecule has 2 aromatic rings. The Labute approximate surface area is 118 Å². The third kappa shape index (κ3) is 3.42. The number of aryl methyl sites for hydroxylation is 1. The van der Waals surface area contributed by atoms with Crippen LogP contribution in [0.1, 0.15) is 24.5 Å². The summed E-state index contributed by atoms with van der Waals surface area (Å²) in [6.07, 6.45) is 1.04. The van der Waals surface area contributed by atoms with Gasteiger partial charge in [-0.1, -0.05) is 24.6 Å². The first-order valence-electron chi connectivity index (χ1n) is 6.87. The smallest absolute Gasteiger partial charge is 0.131 e. The molecule has 2 aromatic carbocycles. The van der Waals surface area contributed by atoms with Crippen molar-refractivity contribution in [3.63, 3.8) is 0 Å². The summed E-state index contributed by atoms with van der Waals surface area (Å²) in [5.74, 6) is -0.790. The van der Waals surface area contributed by atoms with Crippen molar-refractivity contribution in [2.75, 3.05) is 6.54 Å². The molecule has 0 aromatic heterocycles. The summed E-state index contributed by atoms with van der Waals surface area (Å²) >= 11 is 0. The Morgan fingerprint density at radius 2 is 1.60 bits per heavy atom. The summed E-state index contributed by atoms with van der Waals surface area (Å²) < 4.78 is 27.9. The second kappa shape index (κ2) is 6.62. The van der Waals surface area contributed by atoms with Gasteiger partial charge < -0.3 is 5.32 Å². The van der Waals surface area contributed by atoms with Gasteiger partial charge in [-0.2, -0.15) is 0 Å². The average Bonchev–Trinajstić information content (AvgIpc) is 2.44. The maximum atomic E-state index is 14.0. The summed E-state index contributed by atoms with van der Waals surface area (Å²) in [6, 6.07) is 9.59. The number of hydrogen-bond acceptors (Lipinski definition) is 1. The highest BCUT2D eigenvalue weighted by molar-refractivity contribution is 5.66. The van der Waals surface area contributed by atoms with E-state index in [1.54, 1.807) is 24.3 Å². The van der Waals surface area contributed by atoms with E-state index < -0.39 is 11.6 Å². The number of rotatable bonds is 5. The fourth-order valence-electron chi connectivity index (χ4n) is 2.14. The highest BCUT2D eigenvalue weighted by Gasteiger charge is 2.11. The zero-order valence-electron chi connectivity index (χ0n) is 11.8. The van der Waals surface area contributed by atoms with Crippen LogP contribution in [0.4, 0.5) is 8.78 Å². The molecular formula is C17H19F2N. The maximum Gasteiger partial charge on any atom is 0.131 e. The molecule has 0 fully saturated rings. The van der Waals surface area contributed by atoms with Crippen molar-refractivity contribution in [1.29, 1.82) is 0 Å². The molecule has 0 spiro atoms. The van der Waals surface area contributed by atoms with Gasteiger partial charge in [0.1, 0.15) is 11.6 Å². The van der Waals surface area contributed by atoms with Crippen LogP contribution in [0.2, 0.25) is 0 Å². The van der Waals surface area contributed by atoms with E-state index in [0.717, 1.165) is 24.1 Å². The van der Waals surface area contributed by atoms with Crippen LogP contribution in [0.3, 0.4) is 0 Å². The molecule has 0 saturated heterocycles. The van der Waals surface area contributed by atoms with Crippen molar-refractivity contribution in [2.24, 2.45) is 0 Å². The zero-order valence-corrected chi connectivity index (χ0v) is 11.8. The molecule has 0 atom stereocenters.